The molecule has 1 aliphatic heterocycles. The second-order valence-corrected chi connectivity index (χ2v) is 9.05. The number of nitrogens with one attached hydrogen (secondary N) is 2. The Bertz CT molecular complexity index is 839. The number of carbonyl (C=O) groups excluding carboxylic acids is 4. The molecule has 188 valence electrons. The maximum Gasteiger partial charge on any atom is 0.410 e. The summed E-state index contributed by atoms with van der Waals surface area (Å²) in [4.78, 5) is 50.8. The van der Waals surface area contributed by atoms with Crippen LogP contribution >= 0.6 is 0 Å². The van der Waals surface area contributed by atoms with Crippen molar-refractivity contribution in [2.24, 2.45) is 0 Å². The zero-order chi connectivity index (χ0) is 25.1. The predicted octanol–water partition coefficient (Wildman–Crippen LogP) is 2.75. The molecule has 1 unspecified atom stereocenters. The molecule has 0 bridgehead atoms. The Balaban J connectivity index is 1.81. The van der Waals surface area contributed by atoms with Gasteiger partial charge in [0, 0.05) is 13.1 Å². The molecule has 0 saturated carbocycles. The van der Waals surface area contributed by atoms with Crippen LogP contribution in [-0.4, -0.2) is 66.8 Å². The van der Waals surface area contributed by atoms with Crippen molar-refractivity contribution in [2.45, 2.75) is 70.7 Å². The summed E-state index contributed by atoms with van der Waals surface area (Å²) in [5.41, 5.74) is 0.197. The summed E-state index contributed by atoms with van der Waals surface area (Å²) in [5, 5.41) is 5.31. The average molecular weight is 478 g/mol. The van der Waals surface area contributed by atoms with Gasteiger partial charge in [-0.2, -0.15) is 0 Å². The van der Waals surface area contributed by atoms with Crippen LogP contribution in [0.4, 0.5) is 9.59 Å². The second kappa shape index (κ2) is 12.8. The number of ether oxygens (including phenoxy) is 3. The van der Waals surface area contributed by atoms with E-state index in [0.717, 1.165) is 5.56 Å². The zero-order valence-corrected chi connectivity index (χ0v) is 20.3. The molecule has 3 amide bonds. The van der Waals surface area contributed by atoms with Crippen LogP contribution < -0.4 is 10.6 Å². The quantitative estimate of drug-likeness (QED) is 0.318. The summed E-state index contributed by atoms with van der Waals surface area (Å²) >= 11 is 0. The Morgan fingerprint density at radius 1 is 1.15 bits per heavy atom. The highest BCUT2D eigenvalue weighted by atomic mass is 16.6. The molecule has 1 aliphatic rings. The van der Waals surface area contributed by atoms with E-state index in [4.69, 9.17) is 14.2 Å². The smallest absolute Gasteiger partial charge is 0.410 e. The highest BCUT2D eigenvalue weighted by Gasteiger charge is 2.38. The van der Waals surface area contributed by atoms with Crippen molar-refractivity contribution in [3.05, 3.63) is 35.9 Å². The molecule has 0 aromatic heterocycles. The van der Waals surface area contributed by atoms with E-state index in [-0.39, 0.29) is 19.6 Å². The Hall–Kier alpha value is -3.30. The van der Waals surface area contributed by atoms with E-state index in [9.17, 15) is 19.2 Å². The highest BCUT2D eigenvalue weighted by molar-refractivity contribution is 5.90. The maximum atomic E-state index is 12.9. The topological polar surface area (TPSA) is 123 Å². The van der Waals surface area contributed by atoms with Gasteiger partial charge >= 0.3 is 18.2 Å². The molecule has 2 N–H and O–H groups in total. The standard InChI is InChI=1S/C24H35N3O7/c1-24(2,3)34-23(31)27-15-9-13-19(27)20(28)26-18(21(29)32-4)12-8-14-25-22(30)33-16-17-10-6-5-7-11-17/h5-7,10-11,18-19H,8-9,12-16H2,1-4H3,(H,25,30)(H,26,28)/t18-,19?/m0/s1. The Morgan fingerprint density at radius 2 is 1.85 bits per heavy atom. The van der Waals surface area contributed by atoms with Crippen molar-refractivity contribution in [1.82, 2.24) is 15.5 Å². The van der Waals surface area contributed by atoms with Gasteiger partial charge in [-0.15, -0.1) is 0 Å². The molecular weight excluding hydrogens is 442 g/mol. The van der Waals surface area contributed by atoms with Gasteiger partial charge in [-0.25, -0.2) is 14.4 Å². The molecule has 1 heterocycles. The van der Waals surface area contributed by atoms with E-state index in [0.29, 0.717) is 25.8 Å². The van der Waals surface area contributed by atoms with Gasteiger partial charge in [0.25, 0.3) is 0 Å². The number of likely N-dealkylation sites (tertiary alicyclic amines) is 1. The minimum absolute atomic E-state index is 0.156. The van der Waals surface area contributed by atoms with Crippen LogP contribution in [-0.2, 0) is 30.4 Å². The number of methoxy groups -OCH3 is 1. The largest absolute Gasteiger partial charge is 0.467 e. The third kappa shape index (κ3) is 8.92. The first-order valence-corrected chi connectivity index (χ1v) is 11.4. The lowest BCUT2D eigenvalue weighted by molar-refractivity contribution is -0.145. The van der Waals surface area contributed by atoms with Crippen molar-refractivity contribution in [3.8, 4) is 0 Å². The fourth-order valence-electron chi connectivity index (χ4n) is 3.51. The van der Waals surface area contributed by atoms with E-state index < -0.39 is 41.7 Å². The SMILES string of the molecule is COC(=O)[C@H](CCCNC(=O)OCc1ccccc1)NC(=O)C1CCCN1C(=O)OC(C)(C)C. The van der Waals surface area contributed by atoms with Gasteiger partial charge in [-0.1, -0.05) is 30.3 Å². The van der Waals surface area contributed by atoms with Gasteiger partial charge in [0.2, 0.25) is 5.91 Å². The monoisotopic (exact) mass is 477 g/mol. The number of benzene rings is 1. The third-order valence-electron chi connectivity index (χ3n) is 5.14. The van der Waals surface area contributed by atoms with Crippen molar-refractivity contribution < 1.29 is 33.4 Å². The number of amides is 3. The van der Waals surface area contributed by atoms with E-state index in [1.54, 1.807) is 20.8 Å². The van der Waals surface area contributed by atoms with Gasteiger partial charge < -0.3 is 24.8 Å². The first-order chi connectivity index (χ1) is 16.1. The number of nitrogens with zero attached hydrogens (tertiary/aromatic N) is 1. The molecule has 10 nitrogen and oxygen atoms in total. The number of rotatable bonds is 9. The van der Waals surface area contributed by atoms with Crippen LogP contribution in [0.1, 0.15) is 52.0 Å². The third-order valence-corrected chi connectivity index (χ3v) is 5.14. The van der Waals surface area contributed by atoms with Gasteiger partial charge in [0.1, 0.15) is 24.3 Å². The molecule has 1 saturated heterocycles. The van der Waals surface area contributed by atoms with Gasteiger partial charge in [-0.05, 0) is 52.0 Å². The fourth-order valence-corrected chi connectivity index (χ4v) is 3.51. The number of carbonyl (C=O) groups is 4. The lowest BCUT2D eigenvalue weighted by atomic mass is 10.1. The summed E-state index contributed by atoms with van der Waals surface area (Å²) < 4.78 is 15.3. The molecule has 1 aromatic carbocycles. The fraction of sp³-hybridized carbons (Fsp3) is 0.583. The van der Waals surface area contributed by atoms with E-state index in [2.05, 4.69) is 10.6 Å². The molecule has 2 atom stereocenters. The lowest BCUT2D eigenvalue weighted by Gasteiger charge is -2.28. The molecule has 0 spiro atoms. The summed E-state index contributed by atoms with van der Waals surface area (Å²) in [6.45, 7) is 6.09. The Labute approximate surface area is 200 Å². The van der Waals surface area contributed by atoms with E-state index in [1.165, 1.54) is 12.0 Å². The first kappa shape index (κ1) is 26.9. The molecule has 34 heavy (non-hydrogen) atoms. The minimum atomic E-state index is -0.902. The lowest BCUT2D eigenvalue weighted by Crippen LogP contribution is -2.52. The van der Waals surface area contributed by atoms with Gasteiger partial charge in [0.15, 0.2) is 0 Å². The average Bonchev–Trinajstić information content (AvgIpc) is 3.29. The molecule has 10 heteroatoms. The van der Waals surface area contributed by atoms with Crippen LogP contribution in [0.25, 0.3) is 0 Å². The number of esters is 1. The van der Waals surface area contributed by atoms with Crippen LogP contribution in [0.5, 0.6) is 0 Å². The maximum absolute atomic E-state index is 12.9. The van der Waals surface area contributed by atoms with Gasteiger partial charge in [-0.3, -0.25) is 9.69 Å². The summed E-state index contributed by atoms with van der Waals surface area (Å²) in [6.07, 6.45) is 0.667. The first-order valence-electron chi connectivity index (χ1n) is 11.4. The van der Waals surface area contributed by atoms with Crippen molar-refractivity contribution in [3.63, 3.8) is 0 Å². The zero-order valence-electron chi connectivity index (χ0n) is 20.3. The molecular formula is C24H35N3O7. The van der Waals surface area contributed by atoms with Crippen molar-refractivity contribution >= 4 is 24.1 Å². The van der Waals surface area contributed by atoms with Crippen LogP contribution in [0.15, 0.2) is 30.3 Å². The van der Waals surface area contributed by atoms with Gasteiger partial charge in [0.05, 0.1) is 7.11 Å². The number of hydrogen-bond donors (Lipinski definition) is 2. The van der Waals surface area contributed by atoms with Crippen molar-refractivity contribution in [1.29, 1.82) is 0 Å². The number of alkyl carbamates (subject to hydrolysis) is 1. The van der Waals surface area contributed by atoms with Crippen molar-refractivity contribution in [2.75, 3.05) is 20.2 Å². The highest BCUT2D eigenvalue weighted by Crippen LogP contribution is 2.21. The summed E-state index contributed by atoms with van der Waals surface area (Å²) in [7, 11) is 1.24. The van der Waals surface area contributed by atoms with Crippen LogP contribution in [0, 0.1) is 0 Å². The molecule has 0 aliphatic carbocycles. The summed E-state index contributed by atoms with van der Waals surface area (Å²) in [5.74, 6) is -1.03. The molecule has 0 radical (unpaired) electrons. The molecule has 1 fully saturated rings. The second-order valence-electron chi connectivity index (χ2n) is 9.05. The van der Waals surface area contributed by atoms with Crippen LogP contribution in [0.3, 0.4) is 0 Å². The van der Waals surface area contributed by atoms with Crippen LogP contribution in [0.2, 0.25) is 0 Å². The minimum Gasteiger partial charge on any atom is -0.467 e. The molecule has 1 aromatic rings. The Kier molecular flexibility index (Phi) is 10.2. The number of hydrogen-bond acceptors (Lipinski definition) is 7. The molecule has 2 rings (SSSR count). The van der Waals surface area contributed by atoms with E-state index in [1.807, 2.05) is 30.3 Å². The predicted molar refractivity (Wildman–Crippen MR) is 124 cm³/mol. The Morgan fingerprint density at radius 3 is 2.50 bits per heavy atom. The normalized spacial score (nSPS) is 16.4. The van der Waals surface area contributed by atoms with E-state index >= 15 is 0 Å². The summed E-state index contributed by atoms with van der Waals surface area (Å²) in [6, 6.07) is 7.68.